The first-order valence-corrected chi connectivity index (χ1v) is 10.5. The summed E-state index contributed by atoms with van der Waals surface area (Å²) in [5.41, 5.74) is 3.25. The van der Waals surface area contributed by atoms with Crippen LogP contribution in [-0.4, -0.2) is 45.0 Å². The standard InChI is InChI=1S/C24H24FN5O3/c1-15-4-5-16(2)20(14-15)33-17(3)24(31)26-12-13-32-22-11-10-21-27-28-23(30(21)29-22)18-6-8-19(25)9-7-18/h4-11,14,17H,12-13H2,1-3H3,(H,26,31). The number of rotatable bonds is 8. The molecule has 0 aliphatic carbocycles. The van der Waals surface area contributed by atoms with E-state index in [0.717, 1.165) is 11.1 Å². The molecule has 0 saturated carbocycles. The number of aromatic nitrogens is 4. The summed E-state index contributed by atoms with van der Waals surface area (Å²) in [7, 11) is 0. The molecule has 1 unspecified atom stereocenters. The molecule has 0 fully saturated rings. The summed E-state index contributed by atoms with van der Waals surface area (Å²) in [6, 6.07) is 15.2. The van der Waals surface area contributed by atoms with Gasteiger partial charge in [-0.25, -0.2) is 4.39 Å². The number of aryl methyl sites for hydroxylation is 2. The van der Waals surface area contributed by atoms with Crippen LogP contribution in [0.4, 0.5) is 4.39 Å². The van der Waals surface area contributed by atoms with Crippen LogP contribution in [0.3, 0.4) is 0 Å². The van der Waals surface area contributed by atoms with Crippen molar-refractivity contribution in [2.24, 2.45) is 0 Å². The second-order valence-corrected chi connectivity index (χ2v) is 7.64. The van der Waals surface area contributed by atoms with Gasteiger partial charge in [0.25, 0.3) is 5.91 Å². The van der Waals surface area contributed by atoms with Gasteiger partial charge in [0.2, 0.25) is 5.88 Å². The lowest BCUT2D eigenvalue weighted by atomic mass is 10.1. The first-order chi connectivity index (χ1) is 15.9. The Morgan fingerprint density at radius 1 is 1.09 bits per heavy atom. The van der Waals surface area contributed by atoms with Gasteiger partial charge in [0.1, 0.15) is 18.2 Å². The minimum Gasteiger partial charge on any atom is -0.481 e. The molecule has 170 valence electrons. The molecular formula is C24H24FN5O3. The Morgan fingerprint density at radius 3 is 2.67 bits per heavy atom. The molecule has 0 spiro atoms. The molecule has 0 radical (unpaired) electrons. The van der Waals surface area contributed by atoms with E-state index >= 15 is 0 Å². The Hall–Kier alpha value is -4.01. The van der Waals surface area contributed by atoms with Gasteiger partial charge in [-0.15, -0.1) is 15.3 Å². The number of halogens is 1. The maximum atomic E-state index is 13.2. The lowest BCUT2D eigenvalue weighted by Crippen LogP contribution is -2.38. The van der Waals surface area contributed by atoms with E-state index in [4.69, 9.17) is 9.47 Å². The van der Waals surface area contributed by atoms with E-state index in [-0.39, 0.29) is 24.9 Å². The maximum absolute atomic E-state index is 13.2. The summed E-state index contributed by atoms with van der Waals surface area (Å²) in [6.07, 6.45) is -0.643. The third-order valence-corrected chi connectivity index (χ3v) is 5.01. The van der Waals surface area contributed by atoms with Gasteiger partial charge in [-0.2, -0.15) is 4.52 Å². The van der Waals surface area contributed by atoms with Crippen LogP contribution in [0.25, 0.3) is 17.0 Å². The Labute approximate surface area is 190 Å². The Morgan fingerprint density at radius 2 is 1.88 bits per heavy atom. The zero-order chi connectivity index (χ0) is 23.4. The van der Waals surface area contributed by atoms with Crippen molar-refractivity contribution in [1.29, 1.82) is 0 Å². The lowest BCUT2D eigenvalue weighted by molar-refractivity contribution is -0.127. The van der Waals surface area contributed by atoms with Crippen LogP contribution in [-0.2, 0) is 4.79 Å². The zero-order valence-electron chi connectivity index (χ0n) is 18.6. The number of ether oxygens (including phenoxy) is 2. The summed E-state index contributed by atoms with van der Waals surface area (Å²) >= 11 is 0. The van der Waals surface area contributed by atoms with Crippen molar-refractivity contribution < 1.29 is 18.7 Å². The summed E-state index contributed by atoms with van der Waals surface area (Å²) in [5.74, 6) is 0.943. The van der Waals surface area contributed by atoms with Crippen molar-refractivity contribution in [3.8, 4) is 23.0 Å². The Bertz CT molecular complexity index is 1270. The van der Waals surface area contributed by atoms with Gasteiger partial charge in [-0.05, 0) is 68.3 Å². The van der Waals surface area contributed by atoms with Crippen molar-refractivity contribution in [2.75, 3.05) is 13.2 Å². The van der Waals surface area contributed by atoms with E-state index in [1.54, 1.807) is 31.2 Å². The molecule has 2 aromatic carbocycles. The van der Waals surface area contributed by atoms with E-state index < -0.39 is 6.10 Å². The van der Waals surface area contributed by atoms with Crippen LogP contribution in [0.2, 0.25) is 0 Å². The van der Waals surface area contributed by atoms with E-state index in [9.17, 15) is 9.18 Å². The van der Waals surface area contributed by atoms with Crippen LogP contribution in [0.15, 0.2) is 54.6 Å². The van der Waals surface area contributed by atoms with Crippen LogP contribution >= 0.6 is 0 Å². The SMILES string of the molecule is Cc1ccc(C)c(OC(C)C(=O)NCCOc2ccc3nnc(-c4ccc(F)cc4)n3n2)c1. The van der Waals surface area contributed by atoms with Crippen LogP contribution in [0, 0.1) is 19.7 Å². The maximum Gasteiger partial charge on any atom is 0.260 e. The first kappa shape index (κ1) is 22.2. The molecule has 33 heavy (non-hydrogen) atoms. The molecule has 9 heteroatoms. The summed E-state index contributed by atoms with van der Waals surface area (Å²) < 4.78 is 26.2. The molecule has 1 amide bonds. The quantitative estimate of drug-likeness (QED) is 0.414. The highest BCUT2D eigenvalue weighted by molar-refractivity contribution is 5.80. The van der Waals surface area contributed by atoms with Gasteiger partial charge < -0.3 is 14.8 Å². The Kier molecular flexibility index (Phi) is 6.48. The highest BCUT2D eigenvalue weighted by Gasteiger charge is 2.16. The molecule has 0 aliphatic rings. The highest BCUT2D eigenvalue weighted by atomic mass is 19.1. The predicted octanol–water partition coefficient (Wildman–Crippen LogP) is 3.51. The average molecular weight is 449 g/mol. The van der Waals surface area contributed by atoms with E-state index in [2.05, 4.69) is 20.6 Å². The van der Waals surface area contributed by atoms with Gasteiger partial charge in [-0.3, -0.25) is 4.79 Å². The second kappa shape index (κ2) is 9.64. The summed E-state index contributed by atoms with van der Waals surface area (Å²) in [4.78, 5) is 12.4. The fraction of sp³-hybridized carbons (Fsp3) is 0.250. The first-order valence-electron chi connectivity index (χ1n) is 10.5. The molecule has 1 atom stereocenters. The summed E-state index contributed by atoms with van der Waals surface area (Å²) in [6.45, 7) is 6.12. The molecule has 8 nitrogen and oxygen atoms in total. The number of hydrogen-bond donors (Lipinski definition) is 1. The molecule has 4 rings (SSSR count). The normalized spacial score (nSPS) is 11.9. The number of carbonyl (C=O) groups excluding carboxylic acids is 1. The third kappa shape index (κ3) is 5.25. The van der Waals surface area contributed by atoms with Crippen LogP contribution in [0.1, 0.15) is 18.1 Å². The number of nitrogens with one attached hydrogen (secondary N) is 1. The molecule has 4 aromatic rings. The number of amides is 1. The van der Waals surface area contributed by atoms with Gasteiger partial charge >= 0.3 is 0 Å². The van der Waals surface area contributed by atoms with Crippen LogP contribution in [0.5, 0.6) is 11.6 Å². The number of nitrogens with zero attached hydrogens (tertiary/aromatic N) is 4. The largest absolute Gasteiger partial charge is 0.481 e. The Balaban J connectivity index is 1.32. The molecule has 0 aliphatic heterocycles. The van der Waals surface area contributed by atoms with Gasteiger partial charge in [0, 0.05) is 11.6 Å². The second-order valence-electron chi connectivity index (χ2n) is 7.64. The van der Waals surface area contributed by atoms with Gasteiger partial charge in [0.05, 0.1) is 6.54 Å². The molecule has 2 heterocycles. The monoisotopic (exact) mass is 449 g/mol. The predicted molar refractivity (Wildman–Crippen MR) is 121 cm³/mol. The van der Waals surface area contributed by atoms with E-state index in [1.165, 1.54) is 16.6 Å². The fourth-order valence-electron chi connectivity index (χ4n) is 3.18. The van der Waals surface area contributed by atoms with E-state index in [0.29, 0.717) is 28.7 Å². The molecule has 2 aromatic heterocycles. The lowest BCUT2D eigenvalue weighted by Gasteiger charge is -2.16. The average Bonchev–Trinajstić information content (AvgIpc) is 3.22. The minimum absolute atomic E-state index is 0.217. The fourth-order valence-corrected chi connectivity index (χ4v) is 3.18. The smallest absolute Gasteiger partial charge is 0.260 e. The third-order valence-electron chi connectivity index (χ3n) is 5.01. The topological polar surface area (TPSA) is 90.6 Å². The number of carbonyl (C=O) groups is 1. The van der Waals surface area contributed by atoms with Crippen molar-refractivity contribution in [3.63, 3.8) is 0 Å². The minimum atomic E-state index is -0.643. The van der Waals surface area contributed by atoms with Gasteiger partial charge in [0.15, 0.2) is 17.6 Å². The number of benzene rings is 2. The molecule has 0 bridgehead atoms. The number of fused-ring (bicyclic) bond motifs is 1. The zero-order valence-corrected chi connectivity index (χ0v) is 18.6. The van der Waals surface area contributed by atoms with E-state index in [1.807, 2.05) is 32.0 Å². The molecular weight excluding hydrogens is 425 g/mol. The van der Waals surface area contributed by atoms with Crippen molar-refractivity contribution in [1.82, 2.24) is 25.1 Å². The van der Waals surface area contributed by atoms with Crippen molar-refractivity contribution in [2.45, 2.75) is 26.9 Å². The number of hydrogen-bond acceptors (Lipinski definition) is 6. The molecule has 1 N–H and O–H groups in total. The van der Waals surface area contributed by atoms with Crippen LogP contribution < -0.4 is 14.8 Å². The van der Waals surface area contributed by atoms with Crippen molar-refractivity contribution in [3.05, 3.63) is 71.5 Å². The highest BCUT2D eigenvalue weighted by Crippen LogP contribution is 2.21. The molecule has 0 saturated heterocycles. The van der Waals surface area contributed by atoms with Gasteiger partial charge in [-0.1, -0.05) is 12.1 Å². The van der Waals surface area contributed by atoms with Crippen molar-refractivity contribution >= 4 is 11.6 Å². The summed E-state index contributed by atoms with van der Waals surface area (Å²) in [5, 5.41) is 15.4.